The van der Waals surface area contributed by atoms with Crippen LogP contribution >= 0.6 is 0 Å². The number of halogens is 1. The average molecular weight is 1950 g/mol. The molecule has 2 fully saturated rings. The van der Waals surface area contributed by atoms with E-state index in [0.29, 0.717) is 5.56 Å². The van der Waals surface area contributed by atoms with Gasteiger partial charge in [0.25, 0.3) is 11.8 Å². The lowest BCUT2D eigenvalue weighted by Crippen LogP contribution is -2.20. The molecule has 9 N–H and O–H groups in total. The van der Waals surface area contributed by atoms with Crippen LogP contribution < -0.4 is 43.0 Å². The van der Waals surface area contributed by atoms with Gasteiger partial charge < -0.3 is 43.0 Å². The summed E-state index contributed by atoms with van der Waals surface area (Å²) < 4.78 is 13.5. The first kappa shape index (κ1) is 126. The Morgan fingerprint density at radius 1 is 0.308 bits per heavy atom. The highest BCUT2D eigenvalue weighted by Gasteiger charge is 2.29. The molecule has 4 amide bonds. The number of amides is 4. The molecule has 12 nitrogen and oxygen atoms in total. The molecule has 0 spiro atoms. The first-order valence-electron chi connectivity index (χ1n) is 52.0. The number of aryl methyl sites for hydroxylation is 9. The quantitative estimate of drug-likeness (QED) is 0.0590. The molecule has 12 rings (SSSR count). The van der Waals surface area contributed by atoms with Crippen molar-refractivity contribution >= 4 is 57.8 Å². The molecule has 2 aliphatic carbocycles. The predicted molar refractivity (Wildman–Crippen MR) is 625 cm³/mol. The summed E-state index contributed by atoms with van der Waals surface area (Å²) in [6, 6.07) is 62.4. The molecule has 10 aromatic rings. The molecule has 2 aliphatic rings. The Bertz CT molecular complexity index is 5590. The van der Waals surface area contributed by atoms with Crippen molar-refractivity contribution in [3.05, 3.63) is 315 Å². The summed E-state index contributed by atoms with van der Waals surface area (Å²) in [6.07, 6.45) is 6.65. The van der Waals surface area contributed by atoms with E-state index < -0.39 is 0 Å². The molecule has 0 heterocycles. The number of benzene rings is 10. The third kappa shape index (κ3) is 43.6. The zero-order chi connectivity index (χ0) is 110. The fraction of sp³-hybridized carbons (Fsp3) is 0.508. The molecule has 0 aliphatic heterocycles. The van der Waals surface area contributed by atoms with Crippen LogP contribution in [0.2, 0.25) is 0 Å². The zero-order valence-electron chi connectivity index (χ0n) is 98.6. The summed E-state index contributed by atoms with van der Waals surface area (Å²) >= 11 is 0. The summed E-state index contributed by atoms with van der Waals surface area (Å²) in [5.74, 6) is 1.38. The normalized spacial score (nSPS) is 12.6. The number of hydrogen-bond donors (Lipinski definition) is 8. The van der Waals surface area contributed by atoms with Crippen LogP contribution in [0, 0.1) is 81.0 Å². The van der Waals surface area contributed by atoms with Crippen LogP contribution in [0.25, 0.3) is 0 Å². The third-order valence-corrected chi connectivity index (χ3v) is 26.0. The second kappa shape index (κ2) is 53.3. The fourth-order valence-corrected chi connectivity index (χ4v) is 15.1. The Kier molecular flexibility index (Phi) is 47.1. The van der Waals surface area contributed by atoms with Crippen molar-refractivity contribution in [1.29, 1.82) is 0 Å². The smallest absolute Gasteiger partial charge is 0.251 e. The van der Waals surface area contributed by atoms with Gasteiger partial charge in [-0.2, -0.15) is 0 Å². The van der Waals surface area contributed by atoms with Crippen molar-refractivity contribution in [1.82, 2.24) is 10.6 Å². The zero-order valence-corrected chi connectivity index (χ0v) is 98.6. The third-order valence-electron chi connectivity index (χ3n) is 26.0. The van der Waals surface area contributed by atoms with Crippen molar-refractivity contribution in [2.45, 2.75) is 403 Å². The monoisotopic (exact) mass is 1950 g/mol. The van der Waals surface area contributed by atoms with E-state index in [2.05, 4.69) is 414 Å². The summed E-state index contributed by atoms with van der Waals surface area (Å²) in [7, 11) is 7.09. The maximum atomic E-state index is 13.5. The Morgan fingerprint density at radius 2 is 0.580 bits per heavy atom. The van der Waals surface area contributed by atoms with Gasteiger partial charge in [0.1, 0.15) is 5.82 Å². The molecule has 786 valence electrons. The Hall–Kier alpha value is -10.8. The predicted octanol–water partition coefficient (Wildman–Crippen LogP) is 34.0. The maximum absolute atomic E-state index is 13.5. The van der Waals surface area contributed by atoms with Gasteiger partial charge in [0.2, 0.25) is 11.8 Å². The van der Waals surface area contributed by atoms with Gasteiger partial charge in [0.15, 0.2) is 0 Å². The molecule has 0 atom stereocenters. The lowest BCUT2D eigenvalue weighted by atomic mass is 9.84. The van der Waals surface area contributed by atoms with Gasteiger partial charge in [-0.25, -0.2) is 4.39 Å². The van der Waals surface area contributed by atoms with Crippen molar-refractivity contribution in [2.24, 2.45) is 5.92 Å². The molecule has 0 aromatic heterocycles. The number of carbonyl (C=O) groups excluding carboxylic acids is 4. The van der Waals surface area contributed by atoms with E-state index in [1.165, 1.54) is 135 Å². The highest BCUT2D eigenvalue weighted by atomic mass is 19.1. The van der Waals surface area contributed by atoms with E-state index in [4.69, 9.17) is 5.73 Å². The van der Waals surface area contributed by atoms with Gasteiger partial charge in [-0.15, -0.1) is 0 Å². The van der Waals surface area contributed by atoms with Crippen LogP contribution in [0.5, 0.6) is 0 Å². The highest BCUT2D eigenvalue weighted by Crippen LogP contribution is 2.44. The molecule has 0 saturated heterocycles. The number of nitrogens with two attached hydrogens (primary N) is 1. The first-order valence-corrected chi connectivity index (χ1v) is 52.0. The van der Waals surface area contributed by atoms with E-state index >= 15 is 0 Å². The average Bonchev–Trinajstić information content (AvgIpc) is 1.65. The van der Waals surface area contributed by atoms with Crippen LogP contribution in [-0.4, -0.2) is 57.9 Å². The van der Waals surface area contributed by atoms with E-state index in [0.717, 1.165) is 85.1 Å². The van der Waals surface area contributed by atoms with Crippen LogP contribution in [0.4, 0.5) is 38.5 Å². The van der Waals surface area contributed by atoms with Crippen LogP contribution in [-0.2, 0) is 70.2 Å². The van der Waals surface area contributed by atoms with Crippen LogP contribution in [0.15, 0.2) is 176 Å². The van der Waals surface area contributed by atoms with Crippen molar-refractivity contribution < 1.29 is 23.6 Å². The standard InChI is InChI=1S/C15H24.C14H21N.C14H20.4C13H19NO.C12H18FN.C12H19N.C11H17N/c1-11(2)9-13-10-14(15(4,5)6)8-7-12(13)3;1-10-5-6-11(14(2,3)4)9-13(10)15-12-7-8-12;1-10-5-8-12(14(2,3)4)9-13(10)11-6-7-11;2*1-9-8-10(13(2,3)4)6-7-11(9)12(15)14-5;2*1-9-6-7-11(13(3,4)5)8-12(9)14-10(2)15;1-8-10(13)6-9(12(2,3)4)7-11(8)14-5;1-9-6-7-10(12(2,3)4)8-11(9)13-5;1-8-5-6-9(7-10(8)12)11(2,3)4/h7-8,10-11H,9H2,1-6H3;5-6,9,12,15H,7-8H2,1-4H3;5,8-9,11H,6-7H2,1-4H3;4*6-8H,1-5H3,(H,14,15);6-7,14H,1-5H3;6-8,13H,1-5H3;5-7H,12H2,1-4H3. The van der Waals surface area contributed by atoms with Crippen LogP contribution in [0.1, 0.15) is 410 Å². The lowest BCUT2D eigenvalue weighted by molar-refractivity contribution is -0.115. The van der Waals surface area contributed by atoms with E-state index in [-0.39, 0.29) is 83.6 Å². The van der Waals surface area contributed by atoms with Gasteiger partial charge in [-0.05, 0) is 339 Å². The second-order valence-corrected chi connectivity index (χ2v) is 50.4. The molecule has 10 aromatic carbocycles. The Labute approximate surface area is 871 Å². The SMILES string of the molecule is CC(=O)Nc1cc(C(C)(C)C)ccc1C.CC(=O)Nc1cc(C(C)(C)C)ccc1C.CNC(=O)c1ccc(C(C)(C)C)cc1C.CNC(=O)c1ccc(C(C)(C)C)cc1C.CNc1cc(C(C)(C)C)cc(F)c1C.CNc1cc(C(C)(C)C)ccc1C.Cc1ccc(C(C)(C)C)cc1C1CC1.Cc1ccc(C(C)(C)C)cc1CC(C)C.Cc1ccc(C(C)(C)C)cc1N.Cc1ccc(C(C)(C)C)cc1NC1CC1. The summed E-state index contributed by atoms with van der Waals surface area (Å²) in [5.41, 5.74) is 42.9. The fourth-order valence-electron chi connectivity index (χ4n) is 15.1. The lowest BCUT2D eigenvalue weighted by Gasteiger charge is -2.21. The molecule has 143 heavy (non-hydrogen) atoms. The number of rotatable bonds is 11. The molecular formula is C130H195FN8O4. The maximum Gasteiger partial charge on any atom is 0.251 e. The minimum absolute atomic E-state index is 0.0137. The number of anilines is 6. The molecule has 0 bridgehead atoms. The van der Waals surface area contributed by atoms with Crippen LogP contribution in [0.3, 0.4) is 0 Å². The molecule has 13 heteroatoms. The summed E-state index contributed by atoms with van der Waals surface area (Å²) in [4.78, 5) is 45.0. The Balaban J connectivity index is 0.000000409. The van der Waals surface area contributed by atoms with E-state index in [1.54, 1.807) is 32.6 Å². The van der Waals surface area contributed by atoms with Crippen molar-refractivity contribution in [3.8, 4) is 0 Å². The summed E-state index contributed by atoms with van der Waals surface area (Å²) in [6.45, 7) is 94.1. The summed E-state index contributed by atoms with van der Waals surface area (Å²) in [5, 5.41) is 20.8. The number of carbonyl (C=O) groups is 4. The molecule has 2 saturated carbocycles. The number of nitrogens with one attached hydrogen (secondary N) is 7. The largest absolute Gasteiger partial charge is 0.399 e. The molecule has 0 radical (unpaired) electrons. The Morgan fingerprint density at radius 3 is 0.881 bits per heavy atom. The minimum Gasteiger partial charge on any atom is -0.399 e. The topological polar surface area (TPSA) is 179 Å². The van der Waals surface area contributed by atoms with Gasteiger partial charge >= 0.3 is 0 Å². The van der Waals surface area contributed by atoms with Crippen molar-refractivity contribution in [2.75, 3.05) is 60.5 Å². The van der Waals surface area contributed by atoms with Gasteiger partial charge in [0.05, 0.1) is 0 Å². The van der Waals surface area contributed by atoms with Gasteiger partial charge in [0, 0.05) is 98.9 Å². The second-order valence-electron chi connectivity index (χ2n) is 50.4. The molecular weight excluding hydrogens is 1760 g/mol. The highest BCUT2D eigenvalue weighted by molar-refractivity contribution is 5.96. The van der Waals surface area contributed by atoms with E-state index in [9.17, 15) is 23.6 Å². The molecule has 0 unspecified atom stereocenters. The number of nitrogen functional groups attached to an aromatic ring is 1. The van der Waals surface area contributed by atoms with E-state index in [1.807, 2.05) is 91.2 Å². The van der Waals surface area contributed by atoms with Gasteiger partial charge in [-0.1, -0.05) is 343 Å². The number of hydrogen-bond acceptors (Lipinski definition) is 8. The minimum atomic E-state index is -0.137. The van der Waals surface area contributed by atoms with Gasteiger partial charge in [-0.3, -0.25) is 19.2 Å². The first-order chi connectivity index (χ1) is 65.3. The van der Waals surface area contributed by atoms with Crippen molar-refractivity contribution in [3.63, 3.8) is 0 Å².